The SMILES string of the molecule is O=C(CSc1nc2ccccc2[nH]1)N/N=C/c1ccc(OCc2ccc(Cl)cc2)cc1. The van der Waals surface area contributed by atoms with Gasteiger partial charge in [0.15, 0.2) is 5.16 Å². The number of thioether (sulfide) groups is 1. The minimum atomic E-state index is -0.204. The topological polar surface area (TPSA) is 79.4 Å². The number of ether oxygens (including phenoxy) is 1. The Labute approximate surface area is 188 Å². The van der Waals surface area contributed by atoms with Gasteiger partial charge >= 0.3 is 0 Å². The van der Waals surface area contributed by atoms with Crippen molar-refractivity contribution >= 4 is 46.5 Å². The third-order valence-electron chi connectivity index (χ3n) is 4.31. The van der Waals surface area contributed by atoms with Crippen LogP contribution in [0.3, 0.4) is 0 Å². The maximum Gasteiger partial charge on any atom is 0.250 e. The summed E-state index contributed by atoms with van der Waals surface area (Å²) in [6.07, 6.45) is 1.59. The first kappa shape index (κ1) is 21.0. The molecule has 6 nitrogen and oxygen atoms in total. The van der Waals surface area contributed by atoms with Gasteiger partial charge in [-0.25, -0.2) is 10.4 Å². The molecule has 156 valence electrons. The van der Waals surface area contributed by atoms with E-state index in [1.54, 1.807) is 6.21 Å². The monoisotopic (exact) mass is 450 g/mol. The number of imidazole rings is 1. The molecule has 0 radical (unpaired) electrons. The Bertz CT molecular complexity index is 1160. The smallest absolute Gasteiger partial charge is 0.250 e. The third kappa shape index (κ3) is 6.10. The molecular weight excluding hydrogens is 432 g/mol. The lowest BCUT2D eigenvalue weighted by Crippen LogP contribution is -2.19. The van der Waals surface area contributed by atoms with E-state index in [9.17, 15) is 4.79 Å². The molecule has 2 N–H and O–H groups in total. The molecule has 3 aromatic carbocycles. The molecule has 0 spiro atoms. The zero-order valence-corrected chi connectivity index (χ0v) is 18.0. The summed E-state index contributed by atoms with van der Waals surface area (Å²) in [6.45, 7) is 0.462. The molecule has 1 amide bonds. The number of H-pyrrole nitrogens is 1. The number of hydrogen-bond donors (Lipinski definition) is 2. The number of hydrogen-bond acceptors (Lipinski definition) is 5. The largest absolute Gasteiger partial charge is 0.489 e. The summed E-state index contributed by atoms with van der Waals surface area (Å²) >= 11 is 7.21. The summed E-state index contributed by atoms with van der Waals surface area (Å²) in [5.74, 6) is 0.761. The average molecular weight is 451 g/mol. The van der Waals surface area contributed by atoms with Crippen molar-refractivity contribution in [1.29, 1.82) is 0 Å². The Morgan fingerprint density at radius 1 is 1.10 bits per heavy atom. The Hall–Kier alpha value is -3.29. The molecule has 1 heterocycles. The van der Waals surface area contributed by atoms with Gasteiger partial charge < -0.3 is 9.72 Å². The lowest BCUT2D eigenvalue weighted by atomic mass is 10.2. The van der Waals surface area contributed by atoms with Crippen LogP contribution in [0.25, 0.3) is 11.0 Å². The van der Waals surface area contributed by atoms with E-state index in [1.807, 2.05) is 72.8 Å². The van der Waals surface area contributed by atoms with Gasteiger partial charge in [0, 0.05) is 5.02 Å². The molecule has 1 aromatic heterocycles. The minimum absolute atomic E-state index is 0.204. The van der Waals surface area contributed by atoms with Gasteiger partial charge in [0.25, 0.3) is 5.91 Å². The molecule has 4 rings (SSSR count). The number of aromatic amines is 1. The summed E-state index contributed by atoms with van der Waals surface area (Å²) in [4.78, 5) is 19.6. The maximum atomic E-state index is 12.0. The van der Waals surface area contributed by atoms with Crippen LogP contribution in [0.5, 0.6) is 5.75 Å². The first-order valence-corrected chi connectivity index (χ1v) is 10.9. The maximum absolute atomic E-state index is 12.0. The first-order valence-electron chi connectivity index (χ1n) is 9.52. The molecule has 0 unspecified atom stereocenters. The lowest BCUT2D eigenvalue weighted by Gasteiger charge is -2.06. The van der Waals surface area contributed by atoms with Gasteiger partial charge in [-0.1, -0.05) is 47.6 Å². The summed E-state index contributed by atoms with van der Waals surface area (Å²) in [5.41, 5.74) is 6.24. The van der Waals surface area contributed by atoms with Crippen molar-refractivity contribution in [1.82, 2.24) is 15.4 Å². The minimum Gasteiger partial charge on any atom is -0.489 e. The molecule has 0 aliphatic heterocycles. The number of hydrazone groups is 1. The summed E-state index contributed by atoms with van der Waals surface area (Å²) in [5, 5.41) is 5.41. The number of halogens is 1. The molecular formula is C23H19ClN4O2S. The van der Waals surface area contributed by atoms with Gasteiger partial charge in [-0.05, 0) is 59.7 Å². The van der Waals surface area contributed by atoms with Crippen LogP contribution in [0.2, 0.25) is 5.02 Å². The highest BCUT2D eigenvalue weighted by atomic mass is 35.5. The quantitative estimate of drug-likeness (QED) is 0.224. The highest BCUT2D eigenvalue weighted by Gasteiger charge is 2.06. The van der Waals surface area contributed by atoms with Crippen LogP contribution in [0.4, 0.5) is 0 Å². The predicted octanol–water partition coefficient (Wildman–Crippen LogP) is 5.04. The van der Waals surface area contributed by atoms with Crippen LogP contribution >= 0.6 is 23.4 Å². The van der Waals surface area contributed by atoms with E-state index in [-0.39, 0.29) is 11.7 Å². The summed E-state index contributed by atoms with van der Waals surface area (Å²) < 4.78 is 5.76. The van der Waals surface area contributed by atoms with Crippen molar-refractivity contribution in [2.24, 2.45) is 5.10 Å². The second kappa shape index (κ2) is 10.1. The van der Waals surface area contributed by atoms with Crippen molar-refractivity contribution in [3.05, 3.63) is 88.9 Å². The summed E-state index contributed by atoms with van der Waals surface area (Å²) in [6, 6.07) is 22.7. The van der Waals surface area contributed by atoms with Crippen LogP contribution in [-0.4, -0.2) is 27.8 Å². The van der Waals surface area contributed by atoms with Crippen molar-refractivity contribution in [2.75, 3.05) is 5.75 Å². The Kier molecular flexibility index (Phi) is 6.86. The van der Waals surface area contributed by atoms with Gasteiger partial charge in [-0.15, -0.1) is 0 Å². The summed E-state index contributed by atoms with van der Waals surface area (Å²) in [7, 11) is 0. The molecule has 0 saturated heterocycles. The molecule has 0 aliphatic carbocycles. The van der Waals surface area contributed by atoms with E-state index in [0.717, 1.165) is 27.9 Å². The molecule has 8 heteroatoms. The van der Waals surface area contributed by atoms with Crippen molar-refractivity contribution < 1.29 is 9.53 Å². The van der Waals surface area contributed by atoms with E-state index >= 15 is 0 Å². The van der Waals surface area contributed by atoms with E-state index < -0.39 is 0 Å². The second-order valence-electron chi connectivity index (χ2n) is 6.63. The van der Waals surface area contributed by atoms with E-state index in [4.69, 9.17) is 16.3 Å². The van der Waals surface area contributed by atoms with Gasteiger partial charge in [0.2, 0.25) is 0 Å². The van der Waals surface area contributed by atoms with Crippen LogP contribution in [0.15, 0.2) is 83.1 Å². The first-order chi connectivity index (χ1) is 15.2. The van der Waals surface area contributed by atoms with Gasteiger partial charge in [0.1, 0.15) is 12.4 Å². The fourth-order valence-electron chi connectivity index (χ4n) is 2.74. The van der Waals surface area contributed by atoms with Gasteiger partial charge in [-0.3, -0.25) is 4.79 Å². The number of para-hydroxylation sites is 2. The second-order valence-corrected chi connectivity index (χ2v) is 8.03. The number of aromatic nitrogens is 2. The van der Waals surface area contributed by atoms with E-state index in [0.29, 0.717) is 16.8 Å². The highest BCUT2D eigenvalue weighted by Crippen LogP contribution is 2.19. The van der Waals surface area contributed by atoms with Gasteiger partial charge in [0.05, 0.1) is 23.0 Å². The zero-order valence-electron chi connectivity index (χ0n) is 16.4. The molecule has 0 atom stereocenters. The Morgan fingerprint density at radius 3 is 2.65 bits per heavy atom. The molecule has 0 fully saturated rings. The predicted molar refractivity (Wildman–Crippen MR) is 125 cm³/mol. The lowest BCUT2D eigenvalue weighted by molar-refractivity contribution is -0.118. The molecule has 0 saturated carbocycles. The normalized spacial score (nSPS) is 11.1. The van der Waals surface area contributed by atoms with Crippen molar-refractivity contribution in [2.45, 2.75) is 11.8 Å². The van der Waals surface area contributed by atoms with Crippen molar-refractivity contribution in [3.8, 4) is 5.75 Å². The van der Waals surface area contributed by atoms with E-state index in [2.05, 4.69) is 20.5 Å². The number of nitrogens with one attached hydrogen (secondary N) is 2. The van der Waals surface area contributed by atoms with Crippen LogP contribution in [0, 0.1) is 0 Å². The fourth-order valence-corrected chi connectivity index (χ4v) is 3.54. The molecule has 31 heavy (non-hydrogen) atoms. The number of benzene rings is 3. The average Bonchev–Trinajstić information content (AvgIpc) is 3.21. The van der Waals surface area contributed by atoms with E-state index in [1.165, 1.54) is 11.8 Å². The molecule has 0 aliphatic rings. The van der Waals surface area contributed by atoms with Crippen molar-refractivity contribution in [3.63, 3.8) is 0 Å². The van der Waals surface area contributed by atoms with Crippen LogP contribution in [0.1, 0.15) is 11.1 Å². The van der Waals surface area contributed by atoms with Crippen LogP contribution in [-0.2, 0) is 11.4 Å². The third-order valence-corrected chi connectivity index (χ3v) is 5.43. The number of amides is 1. The number of nitrogens with zero attached hydrogens (tertiary/aromatic N) is 2. The number of fused-ring (bicyclic) bond motifs is 1. The molecule has 4 aromatic rings. The standard InChI is InChI=1S/C23H19ClN4O2S/c24-18-9-5-17(6-10-18)14-30-19-11-7-16(8-12-19)13-25-28-22(29)15-31-23-26-20-3-1-2-4-21(20)27-23/h1-13H,14-15H2,(H,26,27)(H,28,29)/b25-13+. The molecule has 0 bridgehead atoms. The fraction of sp³-hybridized carbons (Fsp3) is 0.0870. The Balaban J connectivity index is 1.21. The highest BCUT2D eigenvalue weighted by molar-refractivity contribution is 7.99. The zero-order chi connectivity index (χ0) is 21.5. The van der Waals surface area contributed by atoms with Gasteiger partial charge in [-0.2, -0.15) is 5.10 Å². The number of rotatable bonds is 8. The van der Waals surface area contributed by atoms with Crippen LogP contribution < -0.4 is 10.2 Å². The Morgan fingerprint density at radius 2 is 1.87 bits per heavy atom. The number of carbonyl (C=O) groups excluding carboxylic acids is 1. The number of carbonyl (C=O) groups is 1.